The molecule has 18 heteroatoms. The van der Waals surface area contributed by atoms with Gasteiger partial charge in [0.1, 0.15) is 0 Å². The van der Waals surface area contributed by atoms with Gasteiger partial charge in [-0.05, 0) is 116 Å². The second-order valence-electron chi connectivity index (χ2n) is 17.1. The fraction of sp³-hybridized carbons (Fsp3) is 0.327. The summed E-state index contributed by atoms with van der Waals surface area (Å²) in [4.78, 5) is 48.7. The molecule has 8 rings (SSSR count). The summed E-state index contributed by atoms with van der Waals surface area (Å²) < 4.78 is 82.3. The number of amides is 4. The average molecular weight is 922 g/mol. The van der Waals surface area contributed by atoms with E-state index in [-0.39, 0.29) is 59.7 Å². The van der Waals surface area contributed by atoms with Crippen molar-refractivity contribution in [2.75, 3.05) is 56.0 Å². The SMILES string of the molecule is N#Cc1ccc([C@@H](N)C2=C(Nc3cccc(C(F)(F)F)c3)CN(CCCN(CCCN3CC4=C(C3=O)[C@@H](c3ccc(C#N)cc3)NC(=O)N4c3cccc(C(F)(F)F)c3)CC3CC3)C2=O)cc1. The second-order valence-corrected chi connectivity index (χ2v) is 17.1. The van der Waals surface area contributed by atoms with E-state index in [9.17, 15) is 51.2 Å². The van der Waals surface area contributed by atoms with Crippen LogP contribution in [0.2, 0.25) is 0 Å². The van der Waals surface area contributed by atoms with Crippen LogP contribution in [0, 0.1) is 28.6 Å². The van der Waals surface area contributed by atoms with Crippen molar-refractivity contribution < 1.29 is 40.7 Å². The molecule has 4 aromatic carbocycles. The summed E-state index contributed by atoms with van der Waals surface area (Å²) in [5, 5.41) is 24.5. The van der Waals surface area contributed by atoms with E-state index in [0.717, 1.165) is 48.6 Å². The van der Waals surface area contributed by atoms with Gasteiger partial charge in [-0.15, -0.1) is 0 Å². The van der Waals surface area contributed by atoms with Crippen molar-refractivity contribution in [2.45, 2.75) is 50.1 Å². The number of anilines is 2. The van der Waals surface area contributed by atoms with Crippen LogP contribution in [0.1, 0.15) is 71.1 Å². The lowest BCUT2D eigenvalue weighted by molar-refractivity contribution is -0.138. The number of urea groups is 1. The first kappa shape index (κ1) is 46.4. The van der Waals surface area contributed by atoms with Crippen LogP contribution in [0.3, 0.4) is 0 Å². The summed E-state index contributed by atoms with van der Waals surface area (Å²) in [7, 11) is 0. The van der Waals surface area contributed by atoms with Gasteiger partial charge in [-0.3, -0.25) is 14.5 Å². The summed E-state index contributed by atoms with van der Waals surface area (Å²) in [6.45, 7) is 2.57. The number of halogens is 6. The third-order valence-electron chi connectivity index (χ3n) is 12.4. The minimum Gasteiger partial charge on any atom is -0.357 e. The van der Waals surface area contributed by atoms with Gasteiger partial charge in [-0.25, -0.2) is 4.79 Å². The predicted molar refractivity (Wildman–Crippen MR) is 235 cm³/mol. The van der Waals surface area contributed by atoms with Gasteiger partial charge in [0.15, 0.2) is 0 Å². The van der Waals surface area contributed by atoms with E-state index >= 15 is 0 Å². The van der Waals surface area contributed by atoms with Gasteiger partial charge in [-0.2, -0.15) is 36.9 Å². The number of nitrogens with one attached hydrogen (secondary N) is 2. The van der Waals surface area contributed by atoms with Gasteiger partial charge in [0.25, 0.3) is 11.8 Å². The van der Waals surface area contributed by atoms with E-state index in [2.05, 4.69) is 15.5 Å². The number of alkyl halides is 6. The topological polar surface area (TPSA) is 162 Å². The normalized spacial score (nSPS) is 18.1. The van der Waals surface area contributed by atoms with Crippen molar-refractivity contribution in [1.82, 2.24) is 20.0 Å². The molecular formula is C49H45F6N9O3. The number of hydrogen-bond donors (Lipinski definition) is 3. The molecule has 1 aliphatic carbocycles. The highest BCUT2D eigenvalue weighted by molar-refractivity contribution is 6.07. The zero-order chi connectivity index (χ0) is 47.6. The highest BCUT2D eigenvalue weighted by Gasteiger charge is 2.45. The number of hydrogen-bond acceptors (Lipinski definition) is 8. The van der Waals surface area contributed by atoms with Crippen LogP contribution >= 0.6 is 0 Å². The maximum Gasteiger partial charge on any atom is 0.416 e. The van der Waals surface area contributed by atoms with Crippen LogP contribution in [0.25, 0.3) is 0 Å². The van der Waals surface area contributed by atoms with Crippen molar-refractivity contribution in [2.24, 2.45) is 11.7 Å². The number of rotatable bonds is 16. The van der Waals surface area contributed by atoms with Crippen molar-refractivity contribution in [3.05, 3.63) is 153 Å². The molecule has 0 unspecified atom stereocenters. The summed E-state index contributed by atoms with van der Waals surface area (Å²) in [6, 6.07) is 23.4. The summed E-state index contributed by atoms with van der Waals surface area (Å²) >= 11 is 0. The minimum atomic E-state index is -4.67. The van der Waals surface area contributed by atoms with Crippen LogP contribution < -0.4 is 21.3 Å². The minimum absolute atomic E-state index is 0.0267. The summed E-state index contributed by atoms with van der Waals surface area (Å²) in [5.41, 5.74) is 7.87. The first-order valence-corrected chi connectivity index (χ1v) is 21.8. The summed E-state index contributed by atoms with van der Waals surface area (Å²) in [5.74, 6) is -0.251. The number of benzene rings is 4. The molecule has 4 amide bonds. The Hall–Kier alpha value is -7.15. The number of carbonyl (C=O) groups excluding carboxylic acids is 3. The number of nitriles is 2. The Morgan fingerprint density at radius 2 is 1.34 bits per heavy atom. The Labute approximate surface area is 382 Å². The summed E-state index contributed by atoms with van der Waals surface area (Å²) in [6.07, 6.45) is -6.06. The molecule has 0 aromatic heterocycles. The van der Waals surface area contributed by atoms with Gasteiger partial charge in [0.05, 0.1) is 82.1 Å². The maximum absolute atomic E-state index is 14.3. The second kappa shape index (κ2) is 19.0. The van der Waals surface area contributed by atoms with E-state index in [1.54, 1.807) is 58.3 Å². The van der Waals surface area contributed by atoms with Crippen molar-refractivity contribution in [3.63, 3.8) is 0 Å². The molecule has 0 radical (unpaired) electrons. The van der Waals surface area contributed by atoms with Crippen LogP contribution in [0.4, 0.5) is 42.5 Å². The highest BCUT2D eigenvalue weighted by atomic mass is 19.4. The Balaban J connectivity index is 0.948. The van der Waals surface area contributed by atoms with E-state index in [1.807, 2.05) is 12.1 Å². The molecule has 1 saturated carbocycles. The average Bonchev–Trinajstić information content (AvgIpc) is 4.00. The highest BCUT2D eigenvalue weighted by Crippen LogP contribution is 2.41. The van der Waals surface area contributed by atoms with Crippen molar-refractivity contribution in [1.29, 1.82) is 10.5 Å². The van der Waals surface area contributed by atoms with Crippen LogP contribution in [-0.2, 0) is 21.9 Å². The molecule has 12 nitrogen and oxygen atoms in total. The molecule has 0 spiro atoms. The van der Waals surface area contributed by atoms with Crippen molar-refractivity contribution >= 4 is 29.2 Å². The molecule has 3 heterocycles. The standard InChI is InChI=1S/C49H45F6N9O3/c50-48(51,52)35-5-1-7-37(23-35)59-39-28-62(45(65)41(39)43(58)33-15-11-30(25-56)12-16-33)21-3-19-61(27-32-9-10-32)20-4-22-63-29-40-42(46(63)66)44(34-17-13-31(26-57)14-18-34)60-47(67)64(40)38-8-2-6-36(24-38)49(53,54)55/h1-2,5-8,11-18,23-24,32,43-44,59H,3-4,9-10,19-22,27-29,58H2,(H,60,67)/t43-,44-/m1/s1. The van der Waals surface area contributed by atoms with Crippen molar-refractivity contribution in [3.8, 4) is 12.1 Å². The first-order valence-electron chi connectivity index (χ1n) is 21.8. The van der Waals surface area contributed by atoms with Gasteiger partial charge in [-0.1, -0.05) is 36.4 Å². The molecule has 4 aliphatic rings. The number of nitrogens with two attached hydrogens (primary N) is 1. The van der Waals surface area contributed by atoms with E-state index in [4.69, 9.17) is 5.73 Å². The lowest BCUT2D eigenvalue weighted by Gasteiger charge is -2.34. The first-order chi connectivity index (χ1) is 32.0. The van der Waals surface area contributed by atoms with Gasteiger partial charge in [0.2, 0.25) is 0 Å². The molecule has 1 fully saturated rings. The molecule has 346 valence electrons. The monoisotopic (exact) mass is 921 g/mol. The Morgan fingerprint density at radius 3 is 1.94 bits per heavy atom. The van der Waals surface area contributed by atoms with Gasteiger partial charge >= 0.3 is 18.4 Å². The van der Waals surface area contributed by atoms with Crippen LogP contribution in [0.5, 0.6) is 0 Å². The molecular weight excluding hydrogens is 877 g/mol. The Kier molecular flexibility index (Phi) is 13.1. The third-order valence-corrected chi connectivity index (χ3v) is 12.4. The molecule has 0 saturated heterocycles. The van der Waals surface area contributed by atoms with E-state index in [0.29, 0.717) is 66.3 Å². The van der Waals surface area contributed by atoms with Gasteiger partial charge in [0, 0.05) is 31.0 Å². The van der Waals surface area contributed by atoms with E-state index in [1.165, 1.54) is 24.3 Å². The van der Waals surface area contributed by atoms with Gasteiger partial charge < -0.3 is 31.1 Å². The zero-order valence-electron chi connectivity index (χ0n) is 36.0. The molecule has 4 aromatic rings. The largest absolute Gasteiger partial charge is 0.416 e. The Bertz CT molecular complexity index is 2700. The van der Waals surface area contributed by atoms with Crippen LogP contribution in [-0.4, -0.2) is 78.4 Å². The lowest BCUT2D eigenvalue weighted by Crippen LogP contribution is -2.47. The molecule has 3 aliphatic heterocycles. The van der Waals surface area contributed by atoms with Crippen LogP contribution in [0.15, 0.2) is 120 Å². The molecule has 4 N–H and O–H groups in total. The quantitative estimate of drug-likeness (QED) is 0.0948. The number of nitrogens with zero attached hydrogens (tertiary/aromatic N) is 6. The third kappa shape index (κ3) is 10.3. The smallest absolute Gasteiger partial charge is 0.357 e. The van der Waals surface area contributed by atoms with E-state index < -0.39 is 41.6 Å². The molecule has 0 bridgehead atoms. The predicted octanol–water partition coefficient (Wildman–Crippen LogP) is 8.24. The maximum atomic E-state index is 14.3. The fourth-order valence-corrected chi connectivity index (χ4v) is 8.84. The zero-order valence-corrected chi connectivity index (χ0v) is 36.0. The molecule has 2 atom stereocenters. The lowest BCUT2D eigenvalue weighted by atomic mass is 9.94. The fourth-order valence-electron chi connectivity index (χ4n) is 8.84. The Morgan fingerprint density at radius 1 is 0.761 bits per heavy atom. The number of carbonyl (C=O) groups is 3. The molecule has 67 heavy (non-hydrogen) atoms.